The number of nitrogens with one attached hydrogen (secondary N) is 1. The predicted molar refractivity (Wildman–Crippen MR) is 108 cm³/mol. The maximum atomic E-state index is 13.2. The van der Waals surface area contributed by atoms with Gasteiger partial charge in [0, 0.05) is 23.5 Å². The smallest absolute Gasteiger partial charge is 0.367 e. The van der Waals surface area contributed by atoms with E-state index in [-0.39, 0.29) is 6.04 Å². The summed E-state index contributed by atoms with van der Waals surface area (Å²) < 4.78 is 41.4. The van der Waals surface area contributed by atoms with Crippen LogP contribution in [0, 0.1) is 0 Å². The molecular weight excluding hydrogens is 377 g/mol. The van der Waals surface area contributed by atoms with E-state index in [9.17, 15) is 13.2 Å². The average molecular weight is 396 g/mol. The first-order valence-electron chi connectivity index (χ1n) is 9.20. The minimum absolute atomic E-state index is 0.133. The Balaban J connectivity index is 1.99. The van der Waals surface area contributed by atoms with Crippen molar-refractivity contribution in [3.05, 3.63) is 72.7 Å². The number of rotatable bonds is 4. The lowest BCUT2D eigenvalue weighted by Crippen LogP contribution is -2.11. The van der Waals surface area contributed by atoms with Crippen LogP contribution in [0.25, 0.3) is 27.8 Å². The molecule has 148 valence electrons. The van der Waals surface area contributed by atoms with Crippen LogP contribution in [0.4, 0.5) is 19.0 Å². The van der Waals surface area contributed by atoms with E-state index in [1.165, 1.54) is 12.4 Å². The summed E-state index contributed by atoms with van der Waals surface area (Å²) in [4.78, 5) is 8.78. The maximum absolute atomic E-state index is 13.2. The summed E-state index contributed by atoms with van der Waals surface area (Å²) >= 11 is 0. The molecule has 29 heavy (non-hydrogen) atoms. The van der Waals surface area contributed by atoms with Crippen LogP contribution in [0.5, 0.6) is 0 Å². The van der Waals surface area contributed by atoms with E-state index in [2.05, 4.69) is 15.3 Å². The van der Waals surface area contributed by atoms with Crippen LogP contribution in [0.3, 0.4) is 0 Å². The van der Waals surface area contributed by atoms with Crippen molar-refractivity contribution >= 4 is 16.9 Å². The molecule has 2 aromatic carbocycles. The number of nitrogens with zero attached hydrogens (tertiary/aromatic N) is 3. The average Bonchev–Trinajstić information content (AvgIpc) is 3.08. The van der Waals surface area contributed by atoms with Crippen LogP contribution in [-0.2, 0) is 6.18 Å². The second-order valence-electron chi connectivity index (χ2n) is 7.05. The largest absolute Gasteiger partial charge is 0.416 e. The van der Waals surface area contributed by atoms with E-state index >= 15 is 0 Å². The summed E-state index contributed by atoms with van der Waals surface area (Å²) in [7, 11) is 0. The van der Waals surface area contributed by atoms with Gasteiger partial charge in [0.25, 0.3) is 0 Å². The lowest BCUT2D eigenvalue weighted by molar-refractivity contribution is -0.137. The molecule has 0 unspecified atom stereocenters. The van der Waals surface area contributed by atoms with Crippen molar-refractivity contribution in [3.8, 4) is 16.8 Å². The van der Waals surface area contributed by atoms with E-state index in [0.717, 1.165) is 28.6 Å². The Kier molecular flexibility index (Phi) is 4.74. The summed E-state index contributed by atoms with van der Waals surface area (Å²) in [5.41, 5.74) is 2.02. The van der Waals surface area contributed by atoms with E-state index in [1.54, 1.807) is 10.6 Å². The van der Waals surface area contributed by atoms with Gasteiger partial charge < -0.3 is 9.88 Å². The molecule has 0 bridgehead atoms. The standard InChI is InChI=1S/C22H19F3N4/c1-14(2)28-20-19-18(15-7-4-3-5-8-15)12-29(21(19)27-13-26-20)17-10-6-9-16(11-17)22(23,24)25/h3-14H,1-2H3,(H,26,27,28). The highest BCUT2D eigenvalue weighted by atomic mass is 19.4. The Morgan fingerprint density at radius 2 is 1.72 bits per heavy atom. The van der Waals surface area contributed by atoms with Crippen LogP contribution in [0.2, 0.25) is 0 Å². The minimum Gasteiger partial charge on any atom is -0.367 e. The first-order valence-corrected chi connectivity index (χ1v) is 9.20. The van der Waals surface area contributed by atoms with E-state index in [4.69, 9.17) is 0 Å². The van der Waals surface area contributed by atoms with E-state index in [1.807, 2.05) is 50.4 Å². The Hall–Kier alpha value is -3.35. The fraction of sp³-hybridized carbons (Fsp3) is 0.182. The molecule has 4 rings (SSSR count). The topological polar surface area (TPSA) is 42.7 Å². The van der Waals surface area contributed by atoms with Crippen molar-refractivity contribution in [2.45, 2.75) is 26.1 Å². The second kappa shape index (κ2) is 7.24. The van der Waals surface area contributed by atoms with Crippen LogP contribution >= 0.6 is 0 Å². The lowest BCUT2D eigenvalue weighted by atomic mass is 10.1. The molecule has 4 aromatic rings. The third-order valence-electron chi connectivity index (χ3n) is 4.54. The number of aromatic nitrogens is 3. The molecule has 2 heterocycles. The molecule has 4 nitrogen and oxygen atoms in total. The molecular formula is C22H19F3N4. The molecule has 2 aromatic heterocycles. The molecule has 0 saturated carbocycles. The first kappa shape index (κ1) is 19.0. The number of fused-ring (bicyclic) bond motifs is 1. The zero-order valence-electron chi connectivity index (χ0n) is 15.9. The van der Waals surface area contributed by atoms with E-state index < -0.39 is 11.7 Å². The molecule has 7 heteroatoms. The fourth-order valence-electron chi connectivity index (χ4n) is 3.31. The highest BCUT2D eigenvalue weighted by Gasteiger charge is 2.30. The molecule has 0 spiro atoms. The number of hydrogen-bond acceptors (Lipinski definition) is 3. The summed E-state index contributed by atoms with van der Waals surface area (Å²) in [5, 5.41) is 4.08. The molecule has 0 aliphatic carbocycles. The van der Waals surface area contributed by atoms with Crippen molar-refractivity contribution in [2.75, 3.05) is 5.32 Å². The van der Waals surface area contributed by atoms with Crippen LogP contribution in [0.1, 0.15) is 19.4 Å². The van der Waals surface area contributed by atoms with Gasteiger partial charge in [0.1, 0.15) is 12.1 Å². The summed E-state index contributed by atoms with van der Waals surface area (Å²) in [6.45, 7) is 4.00. The minimum atomic E-state index is -4.42. The van der Waals surface area contributed by atoms with Gasteiger partial charge in [0.15, 0.2) is 5.65 Å². The SMILES string of the molecule is CC(C)Nc1ncnc2c1c(-c1ccccc1)cn2-c1cccc(C(F)(F)F)c1. The van der Waals surface area contributed by atoms with Gasteiger partial charge >= 0.3 is 6.18 Å². The van der Waals surface area contributed by atoms with Gasteiger partial charge in [-0.05, 0) is 37.6 Å². The van der Waals surface area contributed by atoms with Gasteiger partial charge in [0.05, 0.1) is 10.9 Å². The van der Waals surface area contributed by atoms with Gasteiger partial charge in [0.2, 0.25) is 0 Å². The van der Waals surface area contributed by atoms with Gasteiger partial charge in [-0.1, -0.05) is 36.4 Å². The van der Waals surface area contributed by atoms with E-state index in [0.29, 0.717) is 17.2 Å². The number of anilines is 1. The molecule has 0 amide bonds. The fourth-order valence-corrected chi connectivity index (χ4v) is 3.31. The summed E-state index contributed by atoms with van der Waals surface area (Å²) in [6.07, 6.45) is -1.18. The number of hydrogen-bond donors (Lipinski definition) is 1. The van der Waals surface area contributed by atoms with Crippen molar-refractivity contribution in [3.63, 3.8) is 0 Å². The van der Waals surface area contributed by atoms with Gasteiger partial charge in [-0.15, -0.1) is 0 Å². The number of benzene rings is 2. The van der Waals surface area contributed by atoms with Gasteiger partial charge in [-0.3, -0.25) is 0 Å². The summed E-state index contributed by atoms with van der Waals surface area (Å²) in [6, 6.07) is 15.0. The zero-order valence-corrected chi connectivity index (χ0v) is 15.9. The highest BCUT2D eigenvalue weighted by molar-refractivity contribution is 6.02. The normalized spacial score (nSPS) is 11.9. The van der Waals surface area contributed by atoms with Crippen molar-refractivity contribution in [1.29, 1.82) is 0 Å². The molecule has 1 N–H and O–H groups in total. The predicted octanol–water partition coefficient (Wildman–Crippen LogP) is 5.93. The Labute approximate surface area is 166 Å². The molecule has 0 aliphatic heterocycles. The Bertz CT molecular complexity index is 1150. The first-order chi connectivity index (χ1) is 13.8. The monoisotopic (exact) mass is 396 g/mol. The maximum Gasteiger partial charge on any atom is 0.416 e. The lowest BCUT2D eigenvalue weighted by Gasteiger charge is -2.12. The quantitative estimate of drug-likeness (QED) is 0.465. The molecule has 0 saturated heterocycles. The van der Waals surface area contributed by atoms with Gasteiger partial charge in [-0.25, -0.2) is 9.97 Å². The van der Waals surface area contributed by atoms with Crippen LogP contribution in [0.15, 0.2) is 67.1 Å². The van der Waals surface area contributed by atoms with Crippen molar-refractivity contribution < 1.29 is 13.2 Å². The van der Waals surface area contributed by atoms with Crippen LogP contribution in [-0.4, -0.2) is 20.6 Å². The highest BCUT2D eigenvalue weighted by Crippen LogP contribution is 2.36. The Morgan fingerprint density at radius 1 is 0.966 bits per heavy atom. The second-order valence-corrected chi connectivity index (χ2v) is 7.05. The van der Waals surface area contributed by atoms with Crippen molar-refractivity contribution in [2.24, 2.45) is 0 Å². The third kappa shape index (κ3) is 3.68. The molecule has 0 aliphatic rings. The zero-order chi connectivity index (χ0) is 20.6. The molecule has 0 fully saturated rings. The van der Waals surface area contributed by atoms with Crippen LogP contribution < -0.4 is 5.32 Å². The third-order valence-corrected chi connectivity index (χ3v) is 4.54. The summed E-state index contributed by atoms with van der Waals surface area (Å²) in [5.74, 6) is 0.648. The van der Waals surface area contributed by atoms with Crippen molar-refractivity contribution in [1.82, 2.24) is 14.5 Å². The van der Waals surface area contributed by atoms with Gasteiger partial charge in [-0.2, -0.15) is 13.2 Å². The Morgan fingerprint density at radius 3 is 2.41 bits per heavy atom. The molecule has 0 atom stereocenters. The number of halogens is 3. The number of alkyl halides is 3. The molecule has 0 radical (unpaired) electrons.